The molecule has 1 fully saturated rings. The summed E-state index contributed by atoms with van der Waals surface area (Å²) in [4.78, 5) is 0. The summed E-state index contributed by atoms with van der Waals surface area (Å²) >= 11 is 0. The van der Waals surface area contributed by atoms with Crippen molar-refractivity contribution in [3.05, 3.63) is 35.9 Å². The Morgan fingerprint density at radius 3 is 1.88 bits per heavy atom. The Morgan fingerprint density at radius 1 is 0.875 bits per heavy atom. The second-order valence-electron chi connectivity index (χ2n) is 7.02. The maximum Gasteiger partial charge on any atom is -0.0152 e. The zero-order chi connectivity index (χ0) is 11.8. The average Bonchev–Trinajstić information content (AvgIpc) is 2.14. The maximum atomic E-state index is 2.42. The largest absolute Gasteiger partial charge is 0.0622 e. The minimum absolute atomic E-state index is 0.488. The molecule has 0 nitrogen and oxygen atoms in total. The molecule has 1 saturated carbocycles. The van der Waals surface area contributed by atoms with Crippen molar-refractivity contribution in [2.24, 2.45) is 10.8 Å². The fourth-order valence-electron chi connectivity index (χ4n) is 3.81. The van der Waals surface area contributed by atoms with Gasteiger partial charge in [-0.15, -0.1) is 0 Å². The summed E-state index contributed by atoms with van der Waals surface area (Å²) in [5.74, 6) is 0.750. The molecule has 0 aliphatic heterocycles. The van der Waals surface area contributed by atoms with Gasteiger partial charge in [0.15, 0.2) is 0 Å². The normalized spacial score (nSPS) is 24.2. The van der Waals surface area contributed by atoms with Crippen molar-refractivity contribution in [1.29, 1.82) is 0 Å². The van der Waals surface area contributed by atoms with E-state index in [1.807, 2.05) is 0 Å². The molecule has 0 aromatic heterocycles. The lowest BCUT2D eigenvalue weighted by Gasteiger charge is -2.45. The molecule has 88 valence electrons. The molecule has 0 bridgehead atoms. The third kappa shape index (κ3) is 2.66. The van der Waals surface area contributed by atoms with Crippen LogP contribution in [0, 0.1) is 10.8 Å². The summed E-state index contributed by atoms with van der Waals surface area (Å²) < 4.78 is 0. The molecular weight excluding hydrogens is 192 g/mol. The molecule has 1 aliphatic carbocycles. The second-order valence-corrected chi connectivity index (χ2v) is 7.02. The Bertz CT molecular complexity index is 330. The van der Waals surface area contributed by atoms with E-state index in [-0.39, 0.29) is 0 Å². The van der Waals surface area contributed by atoms with Crippen molar-refractivity contribution < 1.29 is 0 Å². The Morgan fingerprint density at radius 2 is 1.38 bits per heavy atom. The van der Waals surface area contributed by atoms with E-state index in [0.29, 0.717) is 10.8 Å². The fraction of sp³-hybridized carbons (Fsp3) is 0.625. The first kappa shape index (κ1) is 11.7. The third-order valence-electron chi connectivity index (χ3n) is 3.83. The van der Waals surface area contributed by atoms with Crippen molar-refractivity contribution in [1.82, 2.24) is 0 Å². The monoisotopic (exact) mass is 216 g/mol. The van der Waals surface area contributed by atoms with Crippen LogP contribution in [0.5, 0.6) is 0 Å². The summed E-state index contributed by atoms with van der Waals surface area (Å²) in [6, 6.07) is 11.0. The van der Waals surface area contributed by atoms with E-state index in [1.165, 1.54) is 24.8 Å². The van der Waals surface area contributed by atoms with Gasteiger partial charge in [0.2, 0.25) is 0 Å². The van der Waals surface area contributed by atoms with Gasteiger partial charge in [0.25, 0.3) is 0 Å². The second kappa shape index (κ2) is 3.91. The number of hydrogen-bond acceptors (Lipinski definition) is 0. The summed E-state index contributed by atoms with van der Waals surface area (Å²) in [6.07, 6.45) is 4.02. The average molecular weight is 216 g/mol. The van der Waals surface area contributed by atoms with Crippen molar-refractivity contribution in [3.8, 4) is 0 Å². The van der Waals surface area contributed by atoms with E-state index in [9.17, 15) is 0 Å². The van der Waals surface area contributed by atoms with Gasteiger partial charge in [-0.2, -0.15) is 0 Å². The van der Waals surface area contributed by atoms with Crippen LogP contribution in [-0.2, 0) is 0 Å². The van der Waals surface area contributed by atoms with Crippen LogP contribution in [0.4, 0.5) is 0 Å². The highest BCUT2D eigenvalue weighted by Gasteiger charge is 2.38. The molecule has 0 radical (unpaired) electrons. The molecule has 0 unspecified atom stereocenters. The van der Waals surface area contributed by atoms with E-state index < -0.39 is 0 Å². The zero-order valence-electron chi connectivity index (χ0n) is 11.1. The van der Waals surface area contributed by atoms with E-state index >= 15 is 0 Å². The molecule has 0 saturated heterocycles. The first-order valence-corrected chi connectivity index (χ1v) is 6.43. The molecule has 0 amide bonds. The molecule has 16 heavy (non-hydrogen) atoms. The van der Waals surface area contributed by atoms with Crippen molar-refractivity contribution in [3.63, 3.8) is 0 Å². The molecule has 0 spiro atoms. The van der Waals surface area contributed by atoms with E-state index in [1.54, 1.807) is 0 Å². The number of benzene rings is 1. The minimum Gasteiger partial charge on any atom is -0.0622 e. The zero-order valence-corrected chi connectivity index (χ0v) is 11.1. The van der Waals surface area contributed by atoms with Crippen LogP contribution in [0.25, 0.3) is 0 Å². The van der Waals surface area contributed by atoms with E-state index in [4.69, 9.17) is 0 Å². The van der Waals surface area contributed by atoms with Crippen LogP contribution >= 0.6 is 0 Å². The van der Waals surface area contributed by atoms with E-state index in [2.05, 4.69) is 58.0 Å². The minimum atomic E-state index is 0.488. The standard InChI is InChI=1S/C16H24/c1-15(2)10-14(11-16(3,4)12-15)13-8-6-5-7-9-13/h5-9,14H,10-12H2,1-4H3. The Kier molecular flexibility index (Phi) is 2.86. The van der Waals surface area contributed by atoms with Gasteiger partial charge in [-0.3, -0.25) is 0 Å². The van der Waals surface area contributed by atoms with Crippen LogP contribution in [0.15, 0.2) is 30.3 Å². The lowest BCUT2D eigenvalue weighted by atomic mass is 9.60. The molecule has 1 aliphatic rings. The first-order chi connectivity index (χ1) is 7.38. The van der Waals surface area contributed by atoms with Crippen molar-refractivity contribution >= 4 is 0 Å². The topological polar surface area (TPSA) is 0 Å². The van der Waals surface area contributed by atoms with Gasteiger partial charge < -0.3 is 0 Å². The summed E-state index contributed by atoms with van der Waals surface area (Å²) in [6.45, 7) is 9.68. The van der Waals surface area contributed by atoms with Gasteiger partial charge in [0, 0.05) is 0 Å². The molecule has 2 rings (SSSR count). The number of rotatable bonds is 1. The molecule has 0 N–H and O–H groups in total. The lowest BCUT2D eigenvalue weighted by molar-refractivity contribution is 0.0969. The summed E-state index contributed by atoms with van der Waals surface area (Å²) in [7, 11) is 0. The summed E-state index contributed by atoms with van der Waals surface area (Å²) in [5, 5.41) is 0. The number of hydrogen-bond donors (Lipinski definition) is 0. The van der Waals surface area contributed by atoms with Gasteiger partial charge in [0.1, 0.15) is 0 Å². The van der Waals surface area contributed by atoms with Crippen LogP contribution in [0.2, 0.25) is 0 Å². The quantitative estimate of drug-likeness (QED) is 0.619. The smallest absolute Gasteiger partial charge is 0.0152 e. The van der Waals surface area contributed by atoms with Crippen LogP contribution in [0.3, 0.4) is 0 Å². The van der Waals surface area contributed by atoms with Crippen LogP contribution in [-0.4, -0.2) is 0 Å². The molecule has 1 aromatic rings. The molecule has 0 heteroatoms. The molecule has 0 heterocycles. The van der Waals surface area contributed by atoms with Gasteiger partial charge >= 0.3 is 0 Å². The lowest BCUT2D eigenvalue weighted by Crippen LogP contribution is -2.32. The molecular formula is C16H24. The van der Waals surface area contributed by atoms with Gasteiger partial charge in [-0.25, -0.2) is 0 Å². The predicted octanol–water partition coefficient (Wildman–Crippen LogP) is 5.01. The summed E-state index contributed by atoms with van der Waals surface area (Å²) in [5.41, 5.74) is 2.51. The SMILES string of the molecule is CC1(C)CC(c2ccccc2)CC(C)(C)C1. The van der Waals surface area contributed by atoms with Crippen molar-refractivity contribution in [2.45, 2.75) is 52.9 Å². The highest BCUT2D eigenvalue weighted by molar-refractivity contribution is 5.21. The van der Waals surface area contributed by atoms with Gasteiger partial charge in [-0.05, 0) is 41.6 Å². The maximum absolute atomic E-state index is 2.42. The molecule has 1 aromatic carbocycles. The highest BCUT2D eigenvalue weighted by Crippen LogP contribution is 2.51. The van der Waals surface area contributed by atoms with Crippen molar-refractivity contribution in [2.75, 3.05) is 0 Å². The fourth-order valence-corrected chi connectivity index (χ4v) is 3.81. The third-order valence-corrected chi connectivity index (χ3v) is 3.83. The van der Waals surface area contributed by atoms with Gasteiger partial charge in [-0.1, -0.05) is 58.0 Å². The Hall–Kier alpha value is -0.780. The van der Waals surface area contributed by atoms with Gasteiger partial charge in [0.05, 0.1) is 0 Å². The van der Waals surface area contributed by atoms with Crippen LogP contribution in [0.1, 0.15) is 58.4 Å². The van der Waals surface area contributed by atoms with E-state index in [0.717, 1.165) is 5.92 Å². The highest BCUT2D eigenvalue weighted by atomic mass is 14.4. The first-order valence-electron chi connectivity index (χ1n) is 6.43. The Balaban J connectivity index is 2.23. The predicted molar refractivity (Wildman–Crippen MR) is 70.6 cm³/mol. The Labute approximate surface area is 100 Å². The van der Waals surface area contributed by atoms with Crippen LogP contribution < -0.4 is 0 Å². The molecule has 0 atom stereocenters.